The molecule has 1 aliphatic rings. The summed E-state index contributed by atoms with van der Waals surface area (Å²) in [6.45, 7) is 4.13. The number of ether oxygens (including phenoxy) is 2. The van der Waals surface area contributed by atoms with E-state index in [1.807, 2.05) is 13.8 Å². The van der Waals surface area contributed by atoms with Crippen LogP contribution >= 0.6 is 23.2 Å². The Kier molecular flexibility index (Phi) is 4.31. The maximum Gasteiger partial charge on any atom is 0.244 e. The van der Waals surface area contributed by atoms with Crippen LogP contribution in [0, 0.1) is 18.3 Å². The molecule has 0 saturated heterocycles. The largest absolute Gasteiger partial charge is 0.491 e. The second-order valence-electron chi connectivity index (χ2n) is 5.24. The molecule has 0 fully saturated rings. The van der Waals surface area contributed by atoms with Crippen molar-refractivity contribution in [2.24, 2.45) is 5.73 Å². The molecule has 0 spiro atoms. The Balaban J connectivity index is 2.21. The van der Waals surface area contributed by atoms with Gasteiger partial charge in [0.25, 0.3) is 0 Å². The molecule has 2 heterocycles. The number of fused-ring (bicyclic) bond motifs is 1. The number of nitrogens with zero attached hydrogens (tertiary/aromatic N) is 2. The summed E-state index contributed by atoms with van der Waals surface area (Å²) in [6, 6.07) is 5.54. The van der Waals surface area contributed by atoms with Crippen LogP contribution in [-0.2, 0) is 0 Å². The summed E-state index contributed by atoms with van der Waals surface area (Å²) < 4.78 is 10.9. The van der Waals surface area contributed by atoms with Gasteiger partial charge in [-0.1, -0.05) is 23.2 Å². The monoisotopic (exact) mass is 364 g/mol. The van der Waals surface area contributed by atoms with Gasteiger partial charge in [-0.05, 0) is 31.5 Å². The van der Waals surface area contributed by atoms with Crippen molar-refractivity contribution >= 4 is 23.2 Å². The lowest BCUT2D eigenvalue weighted by molar-refractivity contribution is 0.340. The first-order valence-electron chi connectivity index (χ1n) is 7.22. The number of aromatic amines is 1. The Labute approximate surface area is 148 Å². The fourth-order valence-electron chi connectivity index (χ4n) is 2.76. The maximum absolute atomic E-state index is 9.54. The number of benzene rings is 1. The third-order valence-electron chi connectivity index (χ3n) is 3.77. The summed E-state index contributed by atoms with van der Waals surface area (Å²) in [6.07, 6.45) is 0. The number of aromatic nitrogens is 2. The number of rotatable bonds is 3. The molecule has 1 atom stereocenters. The molecule has 2 aromatic rings. The van der Waals surface area contributed by atoms with E-state index in [-0.39, 0.29) is 11.5 Å². The van der Waals surface area contributed by atoms with Crippen LogP contribution in [0.25, 0.3) is 0 Å². The lowest BCUT2D eigenvalue weighted by Crippen LogP contribution is -2.21. The zero-order valence-electron chi connectivity index (χ0n) is 13.0. The summed E-state index contributed by atoms with van der Waals surface area (Å²) in [5.74, 6) is 0.303. The molecule has 1 unspecified atom stereocenters. The van der Waals surface area contributed by atoms with Crippen molar-refractivity contribution in [3.05, 3.63) is 50.5 Å². The Hall–Kier alpha value is -2.36. The molecule has 3 rings (SSSR count). The molecule has 8 heteroatoms. The molecule has 124 valence electrons. The Bertz CT molecular complexity index is 860. The number of aryl methyl sites for hydroxylation is 1. The standard InChI is InChI=1S/C16H14Cl2N4O2/c1-3-23-14-10(17)4-8(5-11(14)18)13-9(6-19)15(20)24-16-12(13)7(2)21-22-16/h4-5,13H,3,20H2,1-2H3,(H,21,22). The van der Waals surface area contributed by atoms with Gasteiger partial charge in [-0.3, -0.25) is 5.10 Å². The highest BCUT2D eigenvalue weighted by Gasteiger charge is 2.34. The Morgan fingerprint density at radius 2 is 2.08 bits per heavy atom. The van der Waals surface area contributed by atoms with Gasteiger partial charge in [0.2, 0.25) is 11.8 Å². The summed E-state index contributed by atoms with van der Waals surface area (Å²) in [4.78, 5) is 0. The molecule has 0 amide bonds. The summed E-state index contributed by atoms with van der Waals surface area (Å²) in [5, 5.41) is 17.2. The van der Waals surface area contributed by atoms with E-state index in [2.05, 4.69) is 16.3 Å². The number of H-pyrrole nitrogens is 1. The van der Waals surface area contributed by atoms with Gasteiger partial charge in [0.05, 0.1) is 22.6 Å². The van der Waals surface area contributed by atoms with Crippen molar-refractivity contribution < 1.29 is 9.47 Å². The first kappa shape index (κ1) is 16.5. The van der Waals surface area contributed by atoms with Gasteiger partial charge in [-0.15, -0.1) is 5.10 Å². The molecule has 0 radical (unpaired) electrons. The number of halogens is 2. The van der Waals surface area contributed by atoms with E-state index < -0.39 is 5.92 Å². The molecule has 0 bridgehead atoms. The van der Waals surface area contributed by atoms with Gasteiger partial charge < -0.3 is 15.2 Å². The van der Waals surface area contributed by atoms with Crippen molar-refractivity contribution in [3.63, 3.8) is 0 Å². The fraction of sp³-hybridized carbons (Fsp3) is 0.250. The molecule has 24 heavy (non-hydrogen) atoms. The van der Waals surface area contributed by atoms with Gasteiger partial charge in [0.15, 0.2) is 5.75 Å². The number of nitrogens with one attached hydrogen (secondary N) is 1. The zero-order chi connectivity index (χ0) is 17.4. The van der Waals surface area contributed by atoms with Crippen LogP contribution in [0.3, 0.4) is 0 Å². The van der Waals surface area contributed by atoms with Crippen LogP contribution in [0.15, 0.2) is 23.6 Å². The van der Waals surface area contributed by atoms with Crippen molar-refractivity contribution in [2.75, 3.05) is 6.61 Å². The molecule has 0 aliphatic carbocycles. The average molecular weight is 365 g/mol. The highest BCUT2D eigenvalue weighted by atomic mass is 35.5. The van der Waals surface area contributed by atoms with E-state index in [9.17, 15) is 5.26 Å². The van der Waals surface area contributed by atoms with Crippen LogP contribution in [0.2, 0.25) is 10.0 Å². The van der Waals surface area contributed by atoms with Crippen LogP contribution in [0.5, 0.6) is 11.6 Å². The third-order valence-corrected chi connectivity index (χ3v) is 4.33. The Morgan fingerprint density at radius 1 is 1.42 bits per heavy atom. The normalized spacial score (nSPS) is 16.4. The molecule has 0 saturated carbocycles. The number of hydrogen-bond acceptors (Lipinski definition) is 5. The van der Waals surface area contributed by atoms with Gasteiger partial charge in [-0.2, -0.15) is 5.26 Å². The quantitative estimate of drug-likeness (QED) is 0.866. The molecule has 6 nitrogen and oxygen atoms in total. The van der Waals surface area contributed by atoms with Crippen LogP contribution in [0.1, 0.15) is 29.7 Å². The van der Waals surface area contributed by atoms with Crippen molar-refractivity contribution in [3.8, 4) is 17.7 Å². The fourth-order valence-corrected chi connectivity index (χ4v) is 3.37. The lowest BCUT2D eigenvalue weighted by Gasteiger charge is -2.24. The summed E-state index contributed by atoms with van der Waals surface area (Å²) >= 11 is 12.6. The summed E-state index contributed by atoms with van der Waals surface area (Å²) in [7, 11) is 0. The molecular weight excluding hydrogens is 351 g/mol. The van der Waals surface area contributed by atoms with Gasteiger partial charge >= 0.3 is 0 Å². The average Bonchev–Trinajstić information content (AvgIpc) is 2.90. The van der Waals surface area contributed by atoms with Crippen LogP contribution in [0.4, 0.5) is 0 Å². The van der Waals surface area contributed by atoms with E-state index in [0.717, 1.165) is 11.3 Å². The number of nitrogens with two attached hydrogens (primary N) is 1. The van der Waals surface area contributed by atoms with E-state index in [4.69, 9.17) is 38.4 Å². The van der Waals surface area contributed by atoms with Crippen LogP contribution < -0.4 is 15.2 Å². The smallest absolute Gasteiger partial charge is 0.244 e. The molecule has 3 N–H and O–H groups in total. The zero-order valence-corrected chi connectivity index (χ0v) is 14.5. The number of nitriles is 1. The van der Waals surface area contributed by atoms with Crippen LogP contribution in [-0.4, -0.2) is 16.8 Å². The second kappa shape index (κ2) is 6.27. The number of allylic oxidation sites excluding steroid dienone is 1. The lowest BCUT2D eigenvalue weighted by atomic mass is 9.84. The maximum atomic E-state index is 9.54. The third kappa shape index (κ3) is 2.56. The van der Waals surface area contributed by atoms with Crippen molar-refractivity contribution in [1.82, 2.24) is 10.2 Å². The second-order valence-corrected chi connectivity index (χ2v) is 6.05. The van der Waals surface area contributed by atoms with E-state index in [0.29, 0.717) is 33.8 Å². The van der Waals surface area contributed by atoms with Gasteiger partial charge in [0, 0.05) is 11.3 Å². The van der Waals surface area contributed by atoms with Crippen molar-refractivity contribution in [2.45, 2.75) is 19.8 Å². The summed E-state index contributed by atoms with van der Waals surface area (Å²) in [5.41, 5.74) is 8.38. The van der Waals surface area contributed by atoms with Crippen molar-refractivity contribution in [1.29, 1.82) is 5.26 Å². The predicted molar refractivity (Wildman–Crippen MR) is 90.3 cm³/mol. The van der Waals surface area contributed by atoms with Gasteiger partial charge in [0.1, 0.15) is 11.6 Å². The molecule has 1 aromatic heterocycles. The highest BCUT2D eigenvalue weighted by Crippen LogP contribution is 2.45. The minimum atomic E-state index is -0.469. The topological polar surface area (TPSA) is 96.9 Å². The predicted octanol–water partition coefficient (Wildman–Crippen LogP) is 3.64. The first-order valence-corrected chi connectivity index (χ1v) is 7.97. The number of hydrogen-bond donors (Lipinski definition) is 2. The van der Waals surface area contributed by atoms with Gasteiger partial charge in [-0.25, -0.2) is 0 Å². The highest BCUT2D eigenvalue weighted by molar-refractivity contribution is 6.37. The minimum absolute atomic E-state index is 0.0163. The molecule has 1 aliphatic heterocycles. The first-order chi connectivity index (χ1) is 11.5. The van der Waals surface area contributed by atoms with E-state index in [1.165, 1.54) is 0 Å². The minimum Gasteiger partial charge on any atom is -0.491 e. The van der Waals surface area contributed by atoms with E-state index >= 15 is 0 Å². The SMILES string of the molecule is CCOc1c(Cl)cc(C2C(C#N)=C(N)Oc3n[nH]c(C)c32)cc1Cl. The Morgan fingerprint density at radius 3 is 2.67 bits per heavy atom. The molecular formula is C16H14Cl2N4O2. The molecule has 1 aromatic carbocycles. The van der Waals surface area contributed by atoms with E-state index in [1.54, 1.807) is 12.1 Å².